The zero-order valence-electron chi connectivity index (χ0n) is 6.40. The first kappa shape index (κ1) is 16.4. The third-order valence-corrected chi connectivity index (χ3v) is 0.167. The normalized spacial score (nSPS) is 6.67. The van der Waals surface area contributed by atoms with Crippen molar-refractivity contribution in [2.75, 3.05) is 0 Å². The topological polar surface area (TPSA) is 74.6 Å². The molecule has 9 heavy (non-hydrogen) atoms. The zero-order valence-corrected chi connectivity index (χ0v) is 8.22. The monoisotopic (exact) mass is 164 g/mol. The second-order valence-corrected chi connectivity index (χ2v) is 1.27. The Kier molecular flexibility index (Phi) is 28.9. The van der Waals surface area contributed by atoms with Crippen LogP contribution in [-0.2, 0) is 16.2 Å². The van der Waals surface area contributed by atoms with Crippen molar-refractivity contribution in [3.05, 3.63) is 0 Å². The van der Waals surface area contributed by atoms with Crippen molar-refractivity contribution in [3.8, 4) is 0 Å². The maximum atomic E-state index is 9.17. The first-order valence-electron chi connectivity index (χ1n) is 1.88. The Morgan fingerprint density at radius 2 is 1.78 bits per heavy atom. The van der Waals surface area contributed by atoms with Gasteiger partial charge in [0.25, 0.3) is 11.4 Å². The Labute approximate surface area is 79.9 Å². The molecule has 0 aliphatic rings. The van der Waals surface area contributed by atoms with Gasteiger partial charge in [0.05, 0.1) is 0 Å². The Morgan fingerprint density at radius 3 is 1.78 bits per heavy atom. The van der Waals surface area contributed by atoms with Gasteiger partial charge in [-0.2, -0.15) is 4.21 Å². The molecule has 0 bridgehead atoms. The van der Waals surface area contributed by atoms with E-state index < -0.39 is 11.4 Å². The summed E-state index contributed by atoms with van der Waals surface area (Å²) in [4.78, 5) is 9.17. The van der Waals surface area contributed by atoms with Crippen LogP contribution in [0.4, 0.5) is 0 Å². The molecule has 0 atom stereocenters. The summed E-state index contributed by atoms with van der Waals surface area (Å²) in [5, 5.41) is 0. The van der Waals surface area contributed by atoms with E-state index in [2.05, 4.69) is 0 Å². The molecule has 2 N–H and O–H groups in total. The van der Waals surface area contributed by atoms with Crippen LogP contribution in [0.1, 0.15) is 14.8 Å². The van der Waals surface area contributed by atoms with Gasteiger partial charge in [-0.1, -0.05) is 6.92 Å². The van der Waals surface area contributed by atoms with Gasteiger partial charge in [0.1, 0.15) is 6.29 Å². The van der Waals surface area contributed by atoms with Gasteiger partial charge in [0, 0.05) is 6.42 Å². The summed E-state index contributed by atoms with van der Waals surface area (Å²) in [6.07, 6.45) is 1.51. The summed E-state index contributed by atoms with van der Waals surface area (Å²) >= 11 is -2.61. The Morgan fingerprint density at radius 1 is 1.67 bits per heavy atom. The van der Waals surface area contributed by atoms with E-state index in [1.807, 2.05) is 6.92 Å². The second kappa shape index (κ2) is 15.9. The van der Waals surface area contributed by atoms with E-state index in [1.165, 1.54) is 0 Å². The molecule has 0 spiro atoms. The maximum Gasteiger partial charge on any atom is 1.00 e. The molecular formula is C3H9NaO4S. The molecule has 0 saturated carbocycles. The standard InChI is InChI=1S/C3H6O.Na.H2O3S.H/c1-2-3-4;;1-4(2)3;/h3H,2H2,1H3;;(H2,1,2,3);/q;+1;;-1. The third kappa shape index (κ3) is 131. The minimum atomic E-state index is -2.61. The molecule has 0 radical (unpaired) electrons. The van der Waals surface area contributed by atoms with Gasteiger partial charge in [0.15, 0.2) is 0 Å². The molecule has 0 rings (SSSR count). The number of hydrogen-bond donors (Lipinski definition) is 2. The molecule has 0 aromatic heterocycles. The molecule has 0 saturated heterocycles. The van der Waals surface area contributed by atoms with Gasteiger partial charge >= 0.3 is 29.6 Å². The van der Waals surface area contributed by atoms with Crippen LogP contribution in [0.3, 0.4) is 0 Å². The van der Waals surface area contributed by atoms with E-state index in [-0.39, 0.29) is 31.0 Å². The van der Waals surface area contributed by atoms with Gasteiger partial charge in [-0.15, -0.1) is 0 Å². The Hall–Kier alpha value is 0.740. The van der Waals surface area contributed by atoms with Gasteiger partial charge in [-0.3, -0.25) is 9.11 Å². The molecule has 0 aliphatic heterocycles. The average molecular weight is 164 g/mol. The summed E-state index contributed by atoms with van der Waals surface area (Å²) in [5.41, 5.74) is 0. The quantitative estimate of drug-likeness (QED) is 0.253. The van der Waals surface area contributed by atoms with Crippen molar-refractivity contribution in [1.29, 1.82) is 0 Å². The van der Waals surface area contributed by atoms with Crippen LogP contribution in [0.2, 0.25) is 0 Å². The SMILES string of the molecule is CCC=O.O=S(O)O.[H-].[Na+]. The first-order chi connectivity index (χ1) is 3.65. The fraction of sp³-hybridized carbons (Fsp3) is 0.667. The van der Waals surface area contributed by atoms with Crippen molar-refractivity contribution in [3.63, 3.8) is 0 Å². The van der Waals surface area contributed by atoms with Crippen molar-refractivity contribution in [2.45, 2.75) is 13.3 Å². The summed E-state index contributed by atoms with van der Waals surface area (Å²) < 4.78 is 22.8. The fourth-order valence-corrected chi connectivity index (χ4v) is 0. The molecule has 0 heterocycles. The smallest absolute Gasteiger partial charge is 1.00 e. The minimum Gasteiger partial charge on any atom is -1.00 e. The predicted molar refractivity (Wildman–Crippen MR) is 30.9 cm³/mol. The van der Waals surface area contributed by atoms with Crippen LogP contribution < -0.4 is 29.6 Å². The van der Waals surface area contributed by atoms with Crippen LogP contribution in [0, 0.1) is 0 Å². The van der Waals surface area contributed by atoms with E-state index >= 15 is 0 Å². The van der Waals surface area contributed by atoms with Crippen molar-refractivity contribution < 1.29 is 49.1 Å². The van der Waals surface area contributed by atoms with Crippen molar-refractivity contribution in [2.24, 2.45) is 0 Å². The van der Waals surface area contributed by atoms with Crippen molar-refractivity contribution >= 4 is 17.6 Å². The van der Waals surface area contributed by atoms with Gasteiger partial charge in [0.2, 0.25) is 0 Å². The molecule has 0 amide bonds. The summed E-state index contributed by atoms with van der Waals surface area (Å²) in [6, 6.07) is 0. The van der Waals surface area contributed by atoms with Crippen LogP contribution in [-0.4, -0.2) is 19.6 Å². The van der Waals surface area contributed by atoms with E-state index in [9.17, 15) is 4.79 Å². The fourth-order valence-electron chi connectivity index (χ4n) is 0. The van der Waals surface area contributed by atoms with Crippen LogP contribution in [0.25, 0.3) is 0 Å². The van der Waals surface area contributed by atoms with Gasteiger partial charge in [-0.05, 0) is 0 Å². The molecule has 4 nitrogen and oxygen atoms in total. The summed E-state index contributed by atoms with van der Waals surface area (Å²) in [5.74, 6) is 0. The number of carbonyl (C=O) groups is 1. The first-order valence-corrected chi connectivity index (χ1v) is 2.95. The molecule has 0 unspecified atom stereocenters. The van der Waals surface area contributed by atoms with Crippen LogP contribution in [0.15, 0.2) is 0 Å². The molecule has 6 heteroatoms. The molecular weight excluding hydrogens is 155 g/mol. The molecule has 0 aliphatic carbocycles. The predicted octanol–water partition coefficient (Wildman–Crippen LogP) is -2.61. The third-order valence-electron chi connectivity index (χ3n) is 0.167. The molecule has 0 aromatic rings. The van der Waals surface area contributed by atoms with Gasteiger partial charge in [-0.25, -0.2) is 0 Å². The summed E-state index contributed by atoms with van der Waals surface area (Å²) in [7, 11) is 0. The number of hydrogen-bond acceptors (Lipinski definition) is 2. The van der Waals surface area contributed by atoms with Crippen molar-refractivity contribution in [1.82, 2.24) is 0 Å². The Balaban J connectivity index is -0.0000000300. The van der Waals surface area contributed by atoms with E-state index in [4.69, 9.17) is 13.3 Å². The average Bonchev–Trinajstić information content (AvgIpc) is 1.65. The molecule has 52 valence electrons. The van der Waals surface area contributed by atoms with Crippen LogP contribution in [0.5, 0.6) is 0 Å². The second-order valence-electron chi connectivity index (χ2n) is 0.806. The van der Waals surface area contributed by atoms with Gasteiger partial charge < -0.3 is 6.22 Å². The maximum absolute atomic E-state index is 9.17. The Bertz CT molecular complexity index is 76.9. The number of rotatable bonds is 1. The van der Waals surface area contributed by atoms with E-state index in [0.29, 0.717) is 6.42 Å². The minimum absolute atomic E-state index is 0. The number of aldehydes is 1. The molecule has 0 fully saturated rings. The van der Waals surface area contributed by atoms with E-state index in [0.717, 1.165) is 6.29 Å². The number of carbonyl (C=O) groups excluding carboxylic acids is 1. The van der Waals surface area contributed by atoms with Crippen LogP contribution >= 0.6 is 0 Å². The molecule has 0 aromatic carbocycles. The largest absolute Gasteiger partial charge is 1.00 e. The zero-order chi connectivity index (χ0) is 6.99. The summed E-state index contributed by atoms with van der Waals surface area (Å²) in [6.45, 7) is 1.81. The van der Waals surface area contributed by atoms with E-state index in [1.54, 1.807) is 0 Å².